The molecular formula is C35H25ClFN3O2S. The first kappa shape index (κ1) is 27.3. The van der Waals surface area contributed by atoms with Gasteiger partial charge in [-0.1, -0.05) is 60.1 Å². The number of aromatic nitrogens is 2. The predicted octanol–water partition coefficient (Wildman–Crippen LogP) is 8.69. The van der Waals surface area contributed by atoms with Crippen molar-refractivity contribution in [2.75, 3.05) is 11.4 Å². The van der Waals surface area contributed by atoms with Crippen LogP contribution in [0.25, 0.3) is 32.6 Å². The fraction of sp³-hybridized carbons (Fsp3) is 0.114. The highest BCUT2D eigenvalue weighted by atomic mass is 35.5. The molecule has 1 aliphatic rings. The molecule has 212 valence electrons. The number of pyridine rings is 1. The smallest absolute Gasteiger partial charge is 0.276 e. The van der Waals surface area contributed by atoms with Gasteiger partial charge in [-0.25, -0.2) is 9.37 Å². The molecule has 0 aliphatic carbocycles. The van der Waals surface area contributed by atoms with Gasteiger partial charge in [-0.2, -0.15) is 0 Å². The second-order valence-corrected chi connectivity index (χ2v) is 12.1. The van der Waals surface area contributed by atoms with Crippen LogP contribution in [0.15, 0.2) is 91.1 Å². The summed E-state index contributed by atoms with van der Waals surface area (Å²) in [5, 5.41) is 1.56. The molecule has 3 aromatic carbocycles. The third-order valence-corrected chi connectivity index (χ3v) is 9.54. The Labute approximate surface area is 256 Å². The van der Waals surface area contributed by atoms with Crippen LogP contribution in [0, 0.1) is 12.7 Å². The highest BCUT2D eigenvalue weighted by molar-refractivity contribution is 7.17. The fourth-order valence-corrected chi connectivity index (χ4v) is 7.16. The van der Waals surface area contributed by atoms with Crippen molar-refractivity contribution in [2.24, 2.45) is 0 Å². The van der Waals surface area contributed by atoms with Crippen LogP contribution in [-0.2, 0) is 12.8 Å². The molecule has 0 atom stereocenters. The lowest BCUT2D eigenvalue weighted by Gasteiger charge is -2.23. The van der Waals surface area contributed by atoms with Crippen molar-refractivity contribution in [3.8, 4) is 21.7 Å². The van der Waals surface area contributed by atoms with E-state index in [1.807, 2.05) is 79.9 Å². The Morgan fingerprint density at radius 2 is 1.81 bits per heavy atom. The number of fused-ring (bicyclic) bond motifs is 4. The van der Waals surface area contributed by atoms with Crippen LogP contribution in [0.2, 0.25) is 5.02 Å². The van der Waals surface area contributed by atoms with Crippen molar-refractivity contribution in [2.45, 2.75) is 19.8 Å². The largest absolute Gasteiger partial charge is 0.359 e. The molecule has 0 fully saturated rings. The number of nitrogens with one attached hydrogen (secondary N) is 1. The molecule has 3 aromatic heterocycles. The summed E-state index contributed by atoms with van der Waals surface area (Å²) >= 11 is 7.77. The maximum atomic E-state index is 14.5. The first-order chi connectivity index (χ1) is 20.9. The van der Waals surface area contributed by atoms with Crippen molar-refractivity contribution in [3.63, 3.8) is 0 Å². The number of para-hydroxylation sites is 2. The van der Waals surface area contributed by atoms with Gasteiger partial charge in [0.25, 0.3) is 5.91 Å². The van der Waals surface area contributed by atoms with Crippen molar-refractivity contribution in [3.05, 3.63) is 129 Å². The Morgan fingerprint density at radius 3 is 2.67 bits per heavy atom. The molecule has 7 rings (SSSR count). The van der Waals surface area contributed by atoms with Crippen molar-refractivity contribution >= 4 is 51.2 Å². The van der Waals surface area contributed by atoms with Gasteiger partial charge in [-0.15, -0.1) is 11.3 Å². The van der Waals surface area contributed by atoms with Gasteiger partial charge < -0.3 is 9.88 Å². The summed E-state index contributed by atoms with van der Waals surface area (Å²) < 4.78 is 14.5. The molecule has 1 aliphatic heterocycles. The van der Waals surface area contributed by atoms with E-state index in [0.717, 1.165) is 43.7 Å². The average molecular weight is 606 g/mol. The molecule has 0 unspecified atom stereocenters. The molecule has 5 nitrogen and oxygen atoms in total. The number of Topliss-reactive ketones (excluding diaryl/α,β-unsaturated/α-hetero) is 1. The molecule has 1 N–H and O–H groups in total. The van der Waals surface area contributed by atoms with E-state index in [1.165, 1.54) is 17.4 Å². The standard InChI is InChI=1S/C35H25ClFN3O2S/c1-20-7-4-11-27(37)24(20)18-31(41)32-17-21-15-16-40(30-14-3-2-8-23(30)34(21)43-32)35(42)29-13-6-12-28(39-29)25-19-38-33-22(25)9-5-10-26(33)36/h2-14,17,19,38H,15-16,18H2,1H3. The van der Waals surface area contributed by atoms with Gasteiger partial charge in [0.1, 0.15) is 11.5 Å². The van der Waals surface area contributed by atoms with Gasteiger partial charge >= 0.3 is 0 Å². The van der Waals surface area contributed by atoms with Crippen LogP contribution in [0.4, 0.5) is 10.1 Å². The maximum absolute atomic E-state index is 14.5. The third-order valence-electron chi connectivity index (χ3n) is 7.97. The van der Waals surface area contributed by atoms with Crippen LogP contribution < -0.4 is 4.90 Å². The first-order valence-electron chi connectivity index (χ1n) is 13.9. The molecule has 0 spiro atoms. The zero-order valence-electron chi connectivity index (χ0n) is 23.2. The number of amides is 1. The van der Waals surface area contributed by atoms with Crippen LogP contribution in [0.3, 0.4) is 0 Å². The van der Waals surface area contributed by atoms with Gasteiger partial charge in [0.2, 0.25) is 0 Å². The van der Waals surface area contributed by atoms with E-state index in [4.69, 9.17) is 16.6 Å². The van der Waals surface area contributed by atoms with Gasteiger partial charge in [0, 0.05) is 40.6 Å². The number of rotatable bonds is 5. The summed E-state index contributed by atoms with van der Waals surface area (Å²) in [5.41, 5.74) is 6.55. The van der Waals surface area contributed by atoms with E-state index < -0.39 is 0 Å². The van der Waals surface area contributed by atoms with Crippen LogP contribution in [0.1, 0.15) is 36.9 Å². The normalized spacial score (nSPS) is 12.6. The SMILES string of the molecule is Cc1cccc(F)c1CC(=O)c1cc2c(s1)-c1ccccc1N(C(=O)c1cccc(-c3c[nH]c4c(Cl)cccc34)n1)CC2. The number of aryl methyl sites for hydroxylation is 1. The minimum atomic E-state index is -0.364. The van der Waals surface area contributed by atoms with Crippen molar-refractivity contribution in [1.82, 2.24) is 9.97 Å². The highest BCUT2D eigenvalue weighted by Gasteiger charge is 2.28. The number of thiophene rings is 1. The Morgan fingerprint density at radius 1 is 1.00 bits per heavy atom. The number of hydrogen-bond donors (Lipinski definition) is 1. The monoisotopic (exact) mass is 605 g/mol. The van der Waals surface area contributed by atoms with Gasteiger partial charge in [-0.3, -0.25) is 9.59 Å². The molecular weight excluding hydrogens is 581 g/mol. The lowest BCUT2D eigenvalue weighted by molar-refractivity contribution is 0.0978. The minimum absolute atomic E-state index is 0.00873. The summed E-state index contributed by atoms with van der Waals surface area (Å²) in [5.74, 6) is -0.679. The van der Waals surface area contributed by atoms with E-state index in [2.05, 4.69) is 4.98 Å². The molecule has 1 amide bonds. The number of carbonyl (C=O) groups is 2. The van der Waals surface area contributed by atoms with Gasteiger partial charge in [0.15, 0.2) is 5.78 Å². The molecule has 0 saturated carbocycles. The fourth-order valence-electron chi connectivity index (χ4n) is 5.75. The number of H-pyrrole nitrogens is 1. The van der Waals surface area contributed by atoms with Crippen LogP contribution in [0.5, 0.6) is 0 Å². The lowest BCUT2D eigenvalue weighted by atomic mass is 10.0. The number of anilines is 1. The summed E-state index contributed by atoms with van der Waals surface area (Å²) in [4.78, 5) is 38.6. The first-order valence-corrected chi connectivity index (χ1v) is 15.1. The lowest BCUT2D eigenvalue weighted by Crippen LogP contribution is -2.33. The summed E-state index contributed by atoms with van der Waals surface area (Å²) in [6.07, 6.45) is 2.44. The number of hydrogen-bond acceptors (Lipinski definition) is 4. The topological polar surface area (TPSA) is 66.1 Å². The molecule has 8 heteroatoms. The maximum Gasteiger partial charge on any atom is 0.276 e. The van der Waals surface area contributed by atoms with Gasteiger partial charge in [-0.05, 0) is 66.4 Å². The second-order valence-electron chi connectivity index (χ2n) is 10.6. The van der Waals surface area contributed by atoms with Crippen LogP contribution in [-0.4, -0.2) is 28.2 Å². The zero-order chi connectivity index (χ0) is 29.7. The number of ketones is 1. The molecule has 0 bridgehead atoms. The van der Waals surface area contributed by atoms with E-state index in [0.29, 0.717) is 39.8 Å². The zero-order valence-corrected chi connectivity index (χ0v) is 24.7. The number of aromatic amines is 1. The molecule has 4 heterocycles. The van der Waals surface area contributed by atoms with E-state index in [9.17, 15) is 14.0 Å². The minimum Gasteiger partial charge on any atom is -0.359 e. The number of carbonyl (C=O) groups excluding carboxylic acids is 2. The van der Waals surface area contributed by atoms with Crippen LogP contribution >= 0.6 is 22.9 Å². The summed E-state index contributed by atoms with van der Waals surface area (Å²) in [6, 6.07) is 25.7. The molecule has 0 saturated heterocycles. The van der Waals surface area contributed by atoms with E-state index in [-0.39, 0.29) is 23.9 Å². The molecule has 43 heavy (non-hydrogen) atoms. The number of nitrogens with zero attached hydrogens (tertiary/aromatic N) is 2. The summed E-state index contributed by atoms with van der Waals surface area (Å²) in [7, 11) is 0. The second kappa shape index (κ2) is 10.9. The Balaban J connectivity index is 1.21. The Hall–Kier alpha value is -4.59. The van der Waals surface area contributed by atoms with Crippen molar-refractivity contribution < 1.29 is 14.0 Å². The average Bonchev–Trinajstić information content (AvgIpc) is 3.62. The van der Waals surface area contributed by atoms with E-state index in [1.54, 1.807) is 17.0 Å². The molecule has 6 aromatic rings. The third kappa shape index (κ3) is 4.84. The Bertz CT molecular complexity index is 2040. The quantitative estimate of drug-likeness (QED) is 0.200. The van der Waals surface area contributed by atoms with Gasteiger partial charge in [0.05, 0.1) is 26.8 Å². The number of benzene rings is 3. The number of halogens is 2. The van der Waals surface area contributed by atoms with Crippen molar-refractivity contribution in [1.29, 1.82) is 0 Å². The molecule has 0 radical (unpaired) electrons. The highest BCUT2D eigenvalue weighted by Crippen LogP contribution is 2.42. The Kier molecular flexibility index (Phi) is 6.92. The van der Waals surface area contributed by atoms with E-state index >= 15 is 0 Å². The summed E-state index contributed by atoms with van der Waals surface area (Å²) in [6.45, 7) is 2.24. The predicted molar refractivity (Wildman–Crippen MR) is 171 cm³/mol.